The van der Waals surface area contributed by atoms with Crippen molar-refractivity contribution in [3.05, 3.63) is 87.6 Å². The smallest absolute Gasteiger partial charge is 0.410 e. The molecule has 1 aliphatic heterocycles. The highest BCUT2D eigenvalue weighted by atomic mass is 19.1. The first-order chi connectivity index (χ1) is 22.9. The molecular formula is C36H48FN7O4. The van der Waals surface area contributed by atoms with E-state index in [0.717, 1.165) is 22.2 Å². The van der Waals surface area contributed by atoms with Crippen LogP contribution in [0.25, 0.3) is 28.1 Å². The van der Waals surface area contributed by atoms with Gasteiger partial charge in [0, 0.05) is 43.4 Å². The van der Waals surface area contributed by atoms with Gasteiger partial charge in [-0.1, -0.05) is 27.7 Å². The number of benzene rings is 2. The van der Waals surface area contributed by atoms with Crippen LogP contribution in [0.15, 0.2) is 53.7 Å². The number of imidazole rings is 1. The van der Waals surface area contributed by atoms with Crippen molar-refractivity contribution in [3.8, 4) is 17.2 Å². The quantitative estimate of drug-likeness (QED) is 0.196. The van der Waals surface area contributed by atoms with Gasteiger partial charge >= 0.3 is 11.8 Å². The van der Waals surface area contributed by atoms with Gasteiger partial charge in [0.05, 0.1) is 48.5 Å². The van der Waals surface area contributed by atoms with Crippen LogP contribution in [0, 0.1) is 19.7 Å². The number of aryl methyl sites for hydroxylation is 2. The highest BCUT2D eigenvalue weighted by Gasteiger charge is 2.32. The van der Waals surface area contributed by atoms with Gasteiger partial charge in [-0.05, 0) is 76.1 Å². The molecule has 5 aromatic rings. The zero-order chi connectivity index (χ0) is 35.3. The molecule has 0 aliphatic carbocycles. The van der Waals surface area contributed by atoms with E-state index in [1.807, 2.05) is 71.3 Å². The van der Waals surface area contributed by atoms with Crippen LogP contribution >= 0.6 is 0 Å². The zero-order valence-electron chi connectivity index (χ0n) is 29.8. The van der Waals surface area contributed by atoms with Crippen LogP contribution in [0.4, 0.5) is 9.18 Å². The minimum absolute atomic E-state index is 0.211. The maximum Gasteiger partial charge on any atom is 0.410 e. The van der Waals surface area contributed by atoms with Crippen LogP contribution in [0.5, 0.6) is 0 Å². The maximum absolute atomic E-state index is 14.6. The standard InChI is InChI=1S/C32H36FN7O4.2C2H6/c1-20-15-24(16-21(2)28(20)33)40-29(25-19-36(10-9-26(25)35-40)31(42)44-32(3,4)5)38-12-11-37(30(38)41)23-7-8-27-22(17-23)18-34-39(27)13-14-43-6;2*1-2/h7-8,11-12,15-18H,9-10,13-14,19H2,1-6H3;2*1-2H3. The number of rotatable bonds is 6. The Kier molecular flexibility index (Phi) is 11.3. The van der Waals surface area contributed by atoms with Crippen LogP contribution in [0.3, 0.4) is 0 Å². The van der Waals surface area contributed by atoms with Gasteiger partial charge in [-0.2, -0.15) is 10.2 Å². The lowest BCUT2D eigenvalue weighted by Crippen LogP contribution is -2.40. The predicted octanol–water partition coefficient (Wildman–Crippen LogP) is 6.91. The fourth-order valence-corrected chi connectivity index (χ4v) is 5.63. The lowest BCUT2D eigenvalue weighted by atomic mass is 10.1. The van der Waals surface area contributed by atoms with Crippen LogP contribution in [0.1, 0.15) is 70.9 Å². The van der Waals surface area contributed by atoms with E-state index in [-0.39, 0.29) is 18.1 Å². The Labute approximate surface area is 281 Å². The van der Waals surface area contributed by atoms with Gasteiger partial charge in [0.2, 0.25) is 0 Å². The second-order valence-electron chi connectivity index (χ2n) is 12.1. The van der Waals surface area contributed by atoms with E-state index in [1.165, 1.54) is 4.57 Å². The van der Waals surface area contributed by atoms with Gasteiger partial charge in [-0.25, -0.2) is 18.7 Å². The van der Waals surface area contributed by atoms with Gasteiger partial charge in [-0.15, -0.1) is 0 Å². The normalized spacial score (nSPS) is 12.6. The topological polar surface area (TPSA) is 101 Å². The SMILES string of the molecule is CC.CC.COCCn1ncc2cc(-n3ccn(-c4c5c(nn4-c4cc(C)c(F)c(C)c4)CCN(C(=O)OC(C)(C)C)C5)c3=O)ccc21. The van der Waals surface area contributed by atoms with Gasteiger partial charge < -0.3 is 14.4 Å². The van der Waals surface area contributed by atoms with Gasteiger partial charge in [0.1, 0.15) is 17.2 Å². The molecule has 0 saturated carbocycles. The Hall–Kier alpha value is -4.71. The lowest BCUT2D eigenvalue weighted by molar-refractivity contribution is 0.0223. The third-order valence-corrected chi connectivity index (χ3v) is 7.74. The predicted molar refractivity (Wildman–Crippen MR) is 186 cm³/mol. The summed E-state index contributed by atoms with van der Waals surface area (Å²) < 4.78 is 32.1. The maximum atomic E-state index is 14.6. The summed E-state index contributed by atoms with van der Waals surface area (Å²) in [5.41, 5.74) is 3.72. The number of carbonyl (C=O) groups is 1. The third kappa shape index (κ3) is 7.23. The molecule has 0 fully saturated rings. The highest BCUT2D eigenvalue weighted by Crippen LogP contribution is 2.30. The molecule has 3 aromatic heterocycles. The van der Waals surface area contributed by atoms with Crippen molar-refractivity contribution in [1.29, 1.82) is 0 Å². The first kappa shape index (κ1) is 36.1. The van der Waals surface area contributed by atoms with Crippen molar-refractivity contribution in [2.75, 3.05) is 20.3 Å². The highest BCUT2D eigenvalue weighted by molar-refractivity contribution is 5.81. The van der Waals surface area contributed by atoms with Crippen molar-refractivity contribution in [1.82, 2.24) is 33.6 Å². The molecular weight excluding hydrogens is 613 g/mol. The van der Waals surface area contributed by atoms with Crippen molar-refractivity contribution in [2.45, 2.75) is 87.4 Å². The second kappa shape index (κ2) is 15.0. The van der Waals surface area contributed by atoms with Crippen molar-refractivity contribution < 1.29 is 18.7 Å². The number of halogens is 1. The summed E-state index contributed by atoms with van der Waals surface area (Å²) in [6.07, 6.45) is 5.22. The average molecular weight is 662 g/mol. The van der Waals surface area contributed by atoms with Crippen LogP contribution < -0.4 is 5.69 Å². The molecule has 0 saturated heterocycles. The number of fused-ring (bicyclic) bond motifs is 2. The van der Waals surface area contributed by atoms with E-state index < -0.39 is 11.7 Å². The average Bonchev–Trinajstić information content (AvgIpc) is 3.77. The molecule has 6 rings (SSSR count). The molecule has 0 N–H and O–H groups in total. The van der Waals surface area contributed by atoms with Crippen molar-refractivity contribution in [2.24, 2.45) is 0 Å². The monoisotopic (exact) mass is 661 g/mol. The summed E-state index contributed by atoms with van der Waals surface area (Å²) in [7, 11) is 1.65. The first-order valence-electron chi connectivity index (χ1n) is 16.6. The number of hydrogen-bond acceptors (Lipinski definition) is 6. The summed E-state index contributed by atoms with van der Waals surface area (Å²) in [5.74, 6) is 0.212. The second-order valence-corrected chi connectivity index (χ2v) is 12.1. The number of ether oxygens (including phenoxy) is 2. The lowest BCUT2D eigenvalue weighted by Gasteiger charge is -2.29. The van der Waals surface area contributed by atoms with Crippen LogP contribution in [-0.4, -0.2) is 65.6 Å². The Morgan fingerprint density at radius 1 is 0.979 bits per heavy atom. The third-order valence-electron chi connectivity index (χ3n) is 7.74. The van der Waals surface area contributed by atoms with Gasteiger partial charge in [0.15, 0.2) is 0 Å². The zero-order valence-corrected chi connectivity index (χ0v) is 29.8. The molecule has 0 radical (unpaired) electrons. The number of methoxy groups -OCH3 is 1. The summed E-state index contributed by atoms with van der Waals surface area (Å²) in [6.45, 7) is 18.7. The summed E-state index contributed by atoms with van der Waals surface area (Å²) in [4.78, 5) is 28.8. The van der Waals surface area contributed by atoms with Crippen molar-refractivity contribution in [3.63, 3.8) is 0 Å². The summed E-state index contributed by atoms with van der Waals surface area (Å²) in [6, 6.07) is 9.16. The molecule has 48 heavy (non-hydrogen) atoms. The fourth-order valence-electron chi connectivity index (χ4n) is 5.63. The summed E-state index contributed by atoms with van der Waals surface area (Å²) >= 11 is 0. The molecule has 4 heterocycles. The molecule has 12 heteroatoms. The largest absolute Gasteiger partial charge is 0.444 e. The molecule has 1 amide bonds. The van der Waals surface area contributed by atoms with E-state index in [2.05, 4.69) is 5.10 Å². The Morgan fingerprint density at radius 3 is 2.29 bits per heavy atom. The van der Waals surface area contributed by atoms with Crippen molar-refractivity contribution >= 4 is 17.0 Å². The number of carbonyl (C=O) groups excluding carboxylic acids is 1. The van der Waals surface area contributed by atoms with E-state index >= 15 is 0 Å². The van der Waals surface area contributed by atoms with E-state index in [4.69, 9.17) is 14.6 Å². The fraction of sp³-hybridized carbons (Fsp3) is 0.444. The number of aromatic nitrogens is 6. The summed E-state index contributed by atoms with van der Waals surface area (Å²) in [5, 5.41) is 10.2. The van der Waals surface area contributed by atoms with Crippen LogP contribution in [0.2, 0.25) is 0 Å². The molecule has 2 aromatic carbocycles. The minimum atomic E-state index is -0.650. The number of nitrogens with zero attached hydrogens (tertiary/aromatic N) is 7. The van der Waals surface area contributed by atoms with E-state index in [1.54, 1.807) is 65.8 Å². The minimum Gasteiger partial charge on any atom is -0.444 e. The molecule has 0 unspecified atom stereocenters. The molecule has 0 bridgehead atoms. The van der Waals surface area contributed by atoms with Gasteiger partial charge in [-0.3, -0.25) is 13.8 Å². The van der Waals surface area contributed by atoms with Crippen LogP contribution in [-0.2, 0) is 29.0 Å². The number of hydrogen-bond donors (Lipinski definition) is 0. The number of amides is 1. The van der Waals surface area contributed by atoms with E-state index in [0.29, 0.717) is 54.4 Å². The molecule has 0 spiro atoms. The molecule has 1 aliphatic rings. The Bertz CT molecular complexity index is 1920. The molecule has 0 atom stereocenters. The van der Waals surface area contributed by atoms with Gasteiger partial charge in [0.25, 0.3) is 0 Å². The molecule has 11 nitrogen and oxygen atoms in total. The molecule has 258 valence electrons. The first-order valence-corrected chi connectivity index (χ1v) is 16.6. The van der Waals surface area contributed by atoms with E-state index in [9.17, 15) is 14.0 Å². The Morgan fingerprint density at radius 2 is 1.65 bits per heavy atom. The Balaban J connectivity index is 0.00000125.